The highest BCUT2D eigenvalue weighted by Gasteiger charge is 1.92. The Bertz CT molecular complexity index is 294. The lowest BCUT2D eigenvalue weighted by Gasteiger charge is -2.03. The quantitative estimate of drug-likeness (QED) is 0.222. The number of aliphatic hydroxyl groups excluding tert-OH is 1. The highest BCUT2D eigenvalue weighted by Crippen LogP contribution is 1.91. The van der Waals surface area contributed by atoms with Gasteiger partial charge < -0.3 is 24.1 Å². The number of rotatable bonds is 14. The van der Waals surface area contributed by atoms with Gasteiger partial charge >= 0.3 is 5.97 Å². The van der Waals surface area contributed by atoms with Crippen molar-refractivity contribution in [2.75, 3.05) is 33.0 Å². The minimum absolute atomic E-state index is 0.211. The lowest BCUT2D eigenvalue weighted by atomic mass is 10.3. The maximum atomic E-state index is 9.82. The molecule has 176 valence electrons. The summed E-state index contributed by atoms with van der Waals surface area (Å²) in [7, 11) is 0. The van der Waals surface area contributed by atoms with Crippen LogP contribution in [0.15, 0.2) is 25.7 Å². The lowest BCUT2D eigenvalue weighted by Crippen LogP contribution is -2.10. The summed E-state index contributed by atoms with van der Waals surface area (Å²) in [6, 6.07) is 0. The Morgan fingerprint density at radius 3 is 1.52 bits per heavy atom. The van der Waals surface area contributed by atoms with E-state index in [9.17, 15) is 4.79 Å². The molecule has 1 atom stereocenters. The maximum absolute atomic E-state index is 9.82. The van der Waals surface area contributed by atoms with Crippen molar-refractivity contribution in [3.8, 4) is 0 Å². The van der Waals surface area contributed by atoms with Crippen LogP contribution in [-0.4, -0.2) is 50.2 Å². The van der Waals surface area contributed by atoms with Crippen LogP contribution in [0.25, 0.3) is 0 Å². The van der Waals surface area contributed by atoms with Gasteiger partial charge in [0.2, 0.25) is 0 Å². The van der Waals surface area contributed by atoms with Crippen molar-refractivity contribution >= 4 is 5.97 Å². The summed E-state index contributed by atoms with van der Waals surface area (Å²) < 4.78 is 19.2. The van der Waals surface area contributed by atoms with Gasteiger partial charge in [0.15, 0.2) is 0 Å². The fraction of sp³-hybridized carbons (Fsp3) is 0.783. The molecule has 0 saturated heterocycles. The molecule has 29 heavy (non-hydrogen) atoms. The largest absolute Gasteiger partial charge is 0.474 e. The zero-order chi connectivity index (χ0) is 23.2. The summed E-state index contributed by atoms with van der Waals surface area (Å²) in [6.07, 6.45) is 9.46. The minimum Gasteiger partial charge on any atom is -0.474 e. The van der Waals surface area contributed by atoms with E-state index in [0.29, 0.717) is 13.2 Å². The van der Waals surface area contributed by atoms with E-state index in [2.05, 4.69) is 43.4 Å². The van der Waals surface area contributed by atoms with Crippen LogP contribution in [0, 0.1) is 0 Å². The molecule has 0 aromatic rings. The molecule has 0 aliphatic heterocycles. The highest BCUT2D eigenvalue weighted by molar-refractivity contribution is 5.65. The molecule has 0 rings (SSSR count). The van der Waals surface area contributed by atoms with Gasteiger partial charge in [-0.1, -0.05) is 53.2 Å². The zero-order valence-electron chi connectivity index (χ0n) is 19.9. The van der Waals surface area contributed by atoms with Gasteiger partial charge in [-0.15, -0.1) is 0 Å². The SMILES string of the molecule is C=COC=C.CCCCOCC(C)O.CCCCOCCCC.CCOC(C)=O. The number of esters is 1. The van der Waals surface area contributed by atoms with Crippen molar-refractivity contribution in [1.82, 2.24) is 0 Å². The van der Waals surface area contributed by atoms with E-state index in [1.54, 1.807) is 13.8 Å². The first-order chi connectivity index (χ1) is 13.9. The van der Waals surface area contributed by atoms with E-state index in [4.69, 9.17) is 14.6 Å². The maximum Gasteiger partial charge on any atom is 0.302 e. The monoisotopic (exact) mass is 420 g/mol. The topological polar surface area (TPSA) is 74.2 Å². The van der Waals surface area contributed by atoms with E-state index in [0.717, 1.165) is 32.7 Å². The third-order valence-electron chi connectivity index (χ3n) is 2.83. The standard InChI is InChI=1S/C8H18O.C7H16O2.C4H8O2.C4H6O/c1-3-5-7-9-8-6-4-2;1-3-4-5-9-6-7(2)8;1-3-6-4(2)5;1-3-5-4-2/h3-8H2,1-2H3;7-8H,3-6H2,1-2H3;3H2,1-2H3;3-4H,1-2H2. The molecule has 1 N–H and O–H groups in total. The lowest BCUT2D eigenvalue weighted by molar-refractivity contribution is -0.140. The van der Waals surface area contributed by atoms with E-state index in [-0.39, 0.29) is 12.1 Å². The molecule has 0 aromatic carbocycles. The molecule has 0 aromatic heterocycles. The van der Waals surface area contributed by atoms with Crippen LogP contribution in [0.2, 0.25) is 0 Å². The van der Waals surface area contributed by atoms with Crippen molar-refractivity contribution in [2.24, 2.45) is 0 Å². The van der Waals surface area contributed by atoms with E-state index < -0.39 is 0 Å². The first kappa shape index (κ1) is 35.1. The zero-order valence-corrected chi connectivity index (χ0v) is 19.9. The molecule has 0 spiro atoms. The summed E-state index contributed by atoms with van der Waals surface area (Å²) in [6.45, 7) is 21.5. The van der Waals surface area contributed by atoms with Crippen LogP contribution >= 0.6 is 0 Å². The van der Waals surface area contributed by atoms with E-state index >= 15 is 0 Å². The van der Waals surface area contributed by atoms with Crippen molar-refractivity contribution in [1.29, 1.82) is 0 Å². The Labute approximate surface area is 180 Å². The molecule has 0 bridgehead atoms. The molecule has 0 saturated carbocycles. The van der Waals surface area contributed by atoms with Gasteiger partial charge in [-0.25, -0.2) is 0 Å². The van der Waals surface area contributed by atoms with Gasteiger partial charge in [0, 0.05) is 26.7 Å². The van der Waals surface area contributed by atoms with Crippen LogP contribution in [0.3, 0.4) is 0 Å². The molecule has 0 amide bonds. The van der Waals surface area contributed by atoms with Crippen LogP contribution in [0.1, 0.15) is 80.1 Å². The van der Waals surface area contributed by atoms with Crippen molar-refractivity contribution in [3.05, 3.63) is 25.7 Å². The predicted molar refractivity (Wildman–Crippen MR) is 122 cm³/mol. The molecule has 6 heteroatoms. The summed E-state index contributed by atoms with van der Waals surface area (Å²) >= 11 is 0. The summed E-state index contributed by atoms with van der Waals surface area (Å²) in [5.74, 6) is -0.211. The molecule has 0 heterocycles. The summed E-state index contributed by atoms with van der Waals surface area (Å²) in [5, 5.41) is 8.73. The third kappa shape index (κ3) is 66.1. The Kier molecular flexibility index (Phi) is 45.2. The average Bonchev–Trinajstić information content (AvgIpc) is 2.67. The van der Waals surface area contributed by atoms with Crippen LogP contribution in [-0.2, 0) is 23.7 Å². The van der Waals surface area contributed by atoms with Gasteiger partial charge in [0.1, 0.15) is 0 Å². The van der Waals surface area contributed by atoms with Crippen LogP contribution < -0.4 is 0 Å². The van der Waals surface area contributed by atoms with Crippen molar-refractivity contribution in [3.63, 3.8) is 0 Å². The number of carbonyl (C=O) groups is 1. The Hall–Kier alpha value is -1.37. The minimum atomic E-state index is -0.318. The third-order valence-corrected chi connectivity index (χ3v) is 2.83. The second-order valence-corrected chi connectivity index (χ2v) is 5.99. The van der Waals surface area contributed by atoms with E-state index in [1.165, 1.54) is 45.1 Å². The number of hydrogen-bond acceptors (Lipinski definition) is 6. The van der Waals surface area contributed by atoms with E-state index in [1.807, 2.05) is 0 Å². The molecule has 1 unspecified atom stereocenters. The van der Waals surface area contributed by atoms with Crippen molar-refractivity contribution in [2.45, 2.75) is 86.2 Å². The fourth-order valence-corrected chi connectivity index (χ4v) is 1.37. The second kappa shape index (κ2) is 37.4. The molecule has 0 aliphatic rings. The first-order valence-electron chi connectivity index (χ1n) is 10.7. The normalized spacial score (nSPS) is 9.90. The average molecular weight is 421 g/mol. The number of unbranched alkanes of at least 4 members (excludes halogenated alkanes) is 3. The number of hydrogen-bond donors (Lipinski definition) is 1. The Morgan fingerprint density at radius 2 is 1.31 bits per heavy atom. The number of aliphatic hydroxyl groups is 1. The van der Waals surface area contributed by atoms with Gasteiger partial charge in [0.25, 0.3) is 0 Å². The summed E-state index contributed by atoms with van der Waals surface area (Å²) in [5.41, 5.74) is 0. The number of ether oxygens (including phenoxy) is 4. The predicted octanol–water partition coefficient (Wildman–Crippen LogP) is 5.65. The Balaban J connectivity index is -0.000000148. The molecular weight excluding hydrogens is 372 g/mol. The highest BCUT2D eigenvalue weighted by atomic mass is 16.5. The Morgan fingerprint density at radius 1 is 0.897 bits per heavy atom. The smallest absolute Gasteiger partial charge is 0.302 e. The molecule has 0 radical (unpaired) electrons. The molecule has 6 nitrogen and oxygen atoms in total. The fourth-order valence-electron chi connectivity index (χ4n) is 1.37. The molecule has 0 aliphatic carbocycles. The molecular formula is C23H48O6. The molecule has 0 fully saturated rings. The van der Waals surface area contributed by atoms with Crippen LogP contribution in [0.5, 0.6) is 0 Å². The van der Waals surface area contributed by atoms with Gasteiger partial charge in [0.05, 0.1) is 31.8 Å². The van der Waals surface area contributed by atoms with Crippen molar-refractivity contribution < 1.29 is 28.8 Å². The van der Waals surface area contributed by atoms with Gasteiger partial charge in [-0.2, -0.15) is 0 Å². The van der Waals surface area contributed by atoms with Gasteiger partial charge in [-0.3, -0.25) is 4.79 Å². The van der Waals surface area contributed by atoms with Crippen LogP contribution in [0.4, 0.5) is 0 Å². The first-order valence-corrected chi connectivity index (χ1v) is 10.7. The number of carbonyl (C=O) groups excluding carboxylic acids is 1. The van der Waals surface area contributed by atoms with Gasteiger partial charge in [-0.05, 0) is 33.1 Å². The summed E-state index contributed by atoms with van der Waals surface area (Å²) in [4.78, 5) is 9.82. The second-order valence-electron chi connectivity index (χ2n) is 5.99.